The molecule has 0 aliphatic rings. The van der Waals surface area contributed by atoms with E-state index >= 15 is 0 Å². The van der Waals surface area contributed by atoms with Crippen molar-refractivity contribution in [3.63, 3.8) is 0 Å². The molecule has 0 unspecified atom stereocenters. The zero-order valence-electron chi connectivity index (χ0n) is 36.8. The molecule has 11 rings (SSSR count). The van der Waals surface area contributed by atoms with E-state index in [4.69, 9.17) is 16.8 Å². The third-order valence-electron chi connectivity index (χ3n) is 11.2. The summed E-state index contributed by atoms with van der Waals surface area (Å²) in [6.45, 7) is 0. The van der Waals surface area contributed by atoms with Gasteiger partial charge in [-0.3, -0.25) is 0 Å². The lowest BCUT2D eigenvalue weighted by molar-refractivity contribution is 1.18. The van der Waals surface area contributed by atoms with Gasteiger partial charge in [-0.05, 0) is 80.5 Å². The van der Waals surface area contributed by atoms with Crippen molar-refractivity contribution in [3.05, 3.63) is 224 Å². The van der Waals surface area contributed by atoms with Gasteiger partial charge in [-0.15, -0.1) is 0 Å². The van der Waals surface area contributed by atoms with Crippen LogP contribution in [-0.2, 0) is 0 Å². The smallest absolute Gasteiger partial charge is 0.160 e. The molecule has 0 bridgehead atoms. The fourth-order valence-electron chi connectivity index (χ4n) is 8.28. The Morgan fingerprint density at radius 2 is 0.847 bits per heavy atom. The third kappa shape index (κ3) is 6.26. The quantitative estimate of drug-likeness (QED) is 0.162. The molecule has 59 heavy (non-hydrogen) atoms. The summed E-state index contributed by atoms with van der Waals surface area (Å²) in [4.78, 5) is 10.3. The summed E-state index contributed by atoms with van der Waals surface area (Å²) in [6.07, 6.45) is 0. The first-order valence-electron chi connectivity index (χ1n) is 22.2. The number of aromatic nitrogens is 3. The van der Waals surface area contributed by atoms with E-state index in [-0.39, 0.29) is 29.9 Å². The highest BCUT2D eigenvalue weighted by atomic mass is 15.0. The van der Waals surface area contributed by atoms with Crippen LogP contribution in [0.2, 0.25) is 0 Å². The maximum Gasteiger partial charge on any atom is 0.160 e. The summed E-state index contributed by atoms with van der Waals surface area (Å²) in [5, 5.41) is 4.07. The minimum atomic E-state index is -0.409. The molecule has 2 aromatic heterocycles. The van der Waals surface area contributed by atoms with Gasteiger partial charge < -0.3 is 4.57 Å². The molecule has 9 aromatic carbocycles. The van der Waals surface area contributed by atoms with Crippen LogP contribution < -0.4 is 0 Å². The molecule has 0 radical (unpaired) electrons. The minimum absolute atomic E-state index is 0.137. The molecule has 3 nitrogen and oxygen atoms in total. The number of hydrogen-bond donors (Lipinski definition) is 0. The standard InChI is InChI=1S/C56H37N3/c1-4-14-38(15-5-1)39-26-30-42(31-27-39)52-37-53(58-56(57-52)43-16-6-2-7-17-43)49-34-33-46(47-20-10-11-21-48(47)49)41-28-24-40(25-29-41)44-32-35-55-51(36-44)50-22-12-13-23-54(50)59(55)45-18-8-3-9-19-45/h1-37H/i3D,8D,9D,18D,19D. The lowest BCUT2D eigenvalue weighted by Gasteiger charge is -2.14. The van der Waals surface area contributed by atoms with Gasteiger partial charge in [0.25, 0.3) is 0 Å². The molecule has 0 amide bonds. The molecule has 0 atom stereocenters. The third-order valence-corrected chi connectivity index (χ3v) is 11.2. The van der Waals surface area contributed by atoms with Crippen molar-refractivity contribution < 1.29 is 6.85 Å². The number of benzene rings is 9. The number of nitrogens with zero attached hydrogens (tertiary/aromatic N) is 3. The highest BCUT2D eigenvalue weighted by molar-refractivity contribution is 6.10. The van der Waals surface area contributed by atoms with Crippen LogP contribution >= 0.6 is 0 Å². The van der Waals surface area contributed by atoms with Crippen molar-refractivity contribution in [3.8, 4) is 73.0 Å². The van der Waals surface area contributed by atoms with Crippen molar-refractivity contribution in [1.29, 1.82) is 0 Å². The maximum absolute atomic E-state index is 8.75. The van der Waals surface area contributed by atoms with E-state index in [1.165, 1.54) is 5.56 Å². The zero-order valence-corrected chi connectivity index (χ0v) is 31.8. The molecule has 0 aliphatic heterocycles. The van der Waals surface area contributed by atoms with Crippen molar-refractivity contribution in [2.24, 2.45) is 0 Å². The summed E-state index contributed by atoms with van der Waals surface area (Å²) in [5.41, 5.74) is 12.9. The van der Waals surface area contributed by atoms with Crippen molar-refractivity contribution in [1.82, 2.24) is 14.5 Å². The summed E-state index contributed by atoms with van der Waals surface area (Å²) >= 11 is 0. The second kappa shape index (κ2) is 14.6. The Labute approximate surface area is 350 Å². The first kappa shape index (κ1) is 29.4. The molecule has 2 heterocycles. The van der Waals surface area contributed by atoms with Gasteiger partial charge in [0.1, 0.15) is 0 Å². The van der Waals surface area contributed by atoms with Gasteiger partial charge in [0.05, 0.1) is 29.3 Å². The monoisotopic (exact) mass is 756 g/mol. The lowest BCUT2D eigenvalue weighted by atomic mass is 9.92. The van der Waals surface area contributed by atoms with Crippen LogP contribution in [0.5, 0.6) is 0 Å². The highest BCUT2D eigenvalue weighted by Gasteiger charge is 2.16. The molecule has 0 spiro atoms. The molecular formula is C56H37N3. The normalized spacial score (nSPS) is 12.6. The summed E-state index contributed by atoms with van der Waals surface area (Å²) in [6, 6.07) is 65.0. The number of para-hydroxylation sites is 2. The Hall–Kier alpha value is -7.88. The Balaban J connectivity index is 0.973. The van der Waals surface area contributed by atoms with Gasteiger partial charge in [-0.25, -0.2) is 9.97 Å². The van der Waals surface area contributed by atoms with E-state index in [0.29, 0.717) is 5.82 Å². The lowest BCUT2D eigenvalue weighted by Crippen LogP contribution is -1.96. The van der Waals surface area contributed by atoms with Gasteiger partial charge in [-0.1, -0.05) is 188 Å². The maximum atomic E-state index is 8.75. The van der Waals surface area contributed by atoms with Crippen molar-refractivity contribution >= 4 is 32.6 Å². The van der Waals surface area contributed by atoms with Crippen LogP contribution in [0.4, 0.5) is 0 Å². The molecule has 276 valence electrons. The summed E-state index contributed by atoms with van der Waals surface area (Å²) in [7, 11) is 0. The molecule has 0 aliphatic carbocycles. The van der Waals surface area contributed by atoms with Crippen LogP contribution in [0, 0.1) is 0 Å². The van der Waals surface area contributed by atoms with Crippen molar-refractivity contribution in [2.45, 2.75) is 0 Å². The van der Waals surface area contributed by atoms with Gasteiger partial charge in [0.15, 0.2) is 5.82 Å². The van der Waals surface area contributed by atoms with E-state index in [1.807, 2.05) is 72.8 Å². The van der Waals surface area contributed by atoms with Crippen LogP contribution in [0.3, 0.4) is 0 Å². The minimum Gasteiger partial charge on any atom is -0.309 e. The summed E-state index contributed by atoms with van der Waals surface area (Å²) in [5.74, 6) is 0.667. The van der Waals surface area contributed by atoms with Crippen LogP contribution in [0.15, 0.2) is 224 Å². The number of rotatable bonds is 7. The second-order valence-electron chi connectivity index (χ2n) is 14.6. The first-order valence-corrected chi connectivity index (χ1v) is 19.7. The topological polar surface area (TPSA) is 30.7 Å². The van der Waals surface area contributed by atoms with E-state index in [1.54, 1.807) is 4.57 Å². The molecule has 0 saturated carbocycles. The predicted molar refractivity (Wildman–Crippen MR) is 246 cm³/mol. The molecular weight excluding hydrogens is 715 g/mol. The van der Waals surface area contributed by atoms with Crippen LogP contribution in [0.1, 0.15) is 6.85 Å². The van der Waals surface area contributed by atoms with Gasteiger partial charge in [0, 0.05) is 33.2 Å². The Morgan fingerprint density at radius 3 is 1.58 bits per heavy atom. The molecule has 3 heteroatoms. The second-order valence-corrected chi connectivity index (χ2v) is 14.6. The van der Waals surface area contributed by atoms with Crippen LogP contribution in [0.25, 0.3) is 106 Å². The molecule has 11 aromatic rings. The van der Waals surface area contributed by atoms with Gasteiger partial charge >= 0.3 is 0 Å². The average molecular weight is 757 g/mol. The Bertz CT molecular complexity index is 3560. The van der Waals surface area contributed by atoms with Crippen molar-refractivity contribution in [2.75, 3.05) is 0 Å². The highest BCUT2D eigenvalue weighted by Crippen LogP contribution is 2.39. The predicted octanol–water partition coefficient (Wildman–Crippen LogP) is 14.7. The summed E-state index contributed by atoms with van der Waals surface area (Å²) < 4.78 is 44.1. The fraction of sp³-hybridized carbons (Fsp3) is 0. The molecule has 0 saturated heterocycles. The van der Waals surface area contributed by atoms with E-state index in [9.17, 15) is 0 Å². The molecule has 0 N–H and O–H groups in total. The first-order chi connectivity index (χ1) is 31.3. The average Bonchev–Trinajstić information content (AvgIpc) is 3.68. The molecule has 0 fully saturated rings. The van der Waals surface area contributed by atoms with E-state index in [2.05, 4.69) is 121 Å². The Kier molecular flexibility index (Phi) is 7.25. The number of hydrogen-bond acceptors (Lipinski definition) is 2. The Morgan fingerprint density at radius 1 is 0.339 bits per heavy atom. The van der Waals surface area contributed by atoms with E-state index in [0.717, 1.165) is 88.5 Å². The van der Waals surface area contributed by atoms with Crippen LogP contribution in [-0.4, -0.2) is 14.5 Å². The largest absolute Gasteiger partial charge is 0.309 e. The van der Waals surface area contributed by atoms with Gasteiger partial charge in [-0.2, -0.15) is 0 Å². The van der Waals surface area contributed by atoms with E-state index < -0.39 is 6.04 Å². The SMILES string of the molecule is [2H]c1c([2H])c([2H])c(-n2c3ccccc3c3cc(-c4ccc(-c5ccc(-c6cc(-c7ccc(-c8ccccc8)cc7)nc(-c7ccccc7)n6)c6ccccc56)cc4)ccc32)c([2H])c1[2H]. The zero-order chi connectivity index (χ0) is 43.5. The van der Waals surface area contributed by atoms with Gasteiger partial charge in [0.2, 0.25) is 0 Å². The number of fused-ring (bicyclic) bond motifs is 4. The fourth-order valence-corrected chi connectivity index (χ4v) is 8.28.